The molecule has 0 saturated heterocycles. The van der Waals surface area contributed by atoms with E-state index >= 15 is 0 Å². The molecule has 0 saturated carbocycles. The highest BCUT2D eigenvalue weighted by Crippen LogP contribution is 2.44. The molecule has 0 fully saturated rings. The lowest BCUT2D eigenvalue weighted by atomic mass is 9.78. The van der Waals surface area contributed by atoms with E-state index in [4.69, 9.17) is 32.7 Å². The van der Waals surface area contributed by atoms with Crippen molar-refractivity contribution in [1.29, 1.82) is 5.26 Å². The van der Waals surface area contributed by atoms with Crippen molar-refractivity contribution >= 4 is 58.4 Å². The number of amides is 2. The van der Waals surface area contributed by atoms with Crippen molar-refractivity contribution in [3.8, 4) is 11.8 Å². The number of halogens is 2. The van der Waals surface area contributed by atoms with E-state index in [1.54, 1.807) is 19.1 Å². The van der Waals surface area contributed by atoms with E-state index in [1.807, 2.05) is 19.1 Å². The van der Waals surface area contributed by atoms with Gasteiger partial charge >= 0.3 is 5.97 Å². The molecule has 0 unspecified atom stereocenters. The Hall–Kier alpha value is -3.19. The Kier molecular flexibility index (Phi) is 9.26. The van der Waals surface area contributed by atoms with Gasteiger partial charge in [-0.1, -0.05) is 52.7 Å². The number of ether oxygens (including phenoxy) is 2. The molecular weight excluding hydrogens is 525 g/mol. The van der Waals surface area contributed by atoms with E-state index in [0.29, 0.717) is 17.9 Å². The summed E-state index contributed by atoms with van der Waals surface area (Å²) >= 11 is 13.7. The number of rotatable bonds is 8. The molecule has 188 valence electrons. The van der Waals surface area contributed by atoms with Gasteiger partial charge < -0.3 is 20.1 Å². The Morgan fingerprint density at radius 2 is 1.83 bits per heavy atom. The van der Waals surface area contributed by atoms with E-state index in [9.17, 15) is 19.6 Å². The molecule has 8 nitrogen and oxygen atoms in total. The third kappa shape index (κ3) is 6.13. The van der Waals surface area contributed by atoms with Gasteiger partial charge in [-0.3, -0.25) is 14.4 Å². The highest BCUT2D eigenvalue weighted by atomic mass is 35.5. The van der Waals surface area contributed by atoms with Gasteiger partial charge in [-0.05, 0) is 43.7 Å². The highest BCUT2D eigenvalue weighted by Gasteiger charge is 2.44. The van der Waals surface area contributed by atoms with Crippen LogP contribution in [0.4, 0.5) is 5.69 Å². The molecule has 11 heteroatoms. The summed E-state index contributed by atoms with van der Waals surface area (Å²) in [5, 5.41) is 15.9. The van der Waals surface area contributed by atoms with Gasteiger partial charge in [0.25, 0.3) is 0 Å². The van der Waals surface area contributed by atoms with E-state index < -0.39 is 23.7 Å². The third-order valence-corrected chi connectivity index (χ3v) is 6.91. The molecule has 0 spiro atoms. The number of hydrogen-bond acceptors (Lipinski definition) is 7. The number of allylic oxidation sites excluding steroid dienone is 1. The van der Waals surface area contributed by atoms with Gasteiger partial charge in [0.1, 0.15) is 5.92 Å². The Balaban J connectivity index is 1.96. The van der Waals surface area contributed by atoms with Crippen LogP contribution in [0.5, 0.6) is 5.75 Å². The first-order chi connectivity index (χ1) is 17.2. The Morgan fingerprint density at radius 1 is 1.19 bits per heavy atom. The van der Waals surface area contributed by atoms with Crippen molar-refractivity contribution in [1.82, 2.24) is 5.32 Å². The Morgan fingerprint density at radius 3 is 2.39 bits per heavy atom. The number of carbonyl (C=O) groups excluding carboxylic acids is 3. The number of nitrogens with zero attached hydrogens (tertiary/aromatic N) is 1. The molecule has 1 aliphatic rings. The number of nitrogens with one attached hydrogen (secondary N) is 2. The van der Waals surface area contributed by atoms with Gasteiger partial charge in [0.15, 0.2) is 5.75 Å². The lowest BCUT2D eigenvalue weighted by Gasteiger charge is -2.31. The second-order valence-electron chi connectivity index (χ2n) is 7.77. The Labute approximate surface area is 222 Å². The molecule has 36 heavy (non-hydrogen) atoms. The zero-order valence-electron chi connectivity index (χ0n) is 19.7. The van der Waals surface area contributed by atoms with Crippen LogP contribution in [-0.4, -0.2) is 37.3 Å². The molecule has 2 aromatic rings. The molecule has 0 bridgehead atoms. The van der Waals surface area contributed by atoms with E-state index in [1.165, 1.54) is 12.1 Å². The van der Waals surface area contributed by atoms with Gasteiger partial charge in [0.2, 0.25) is 11.8 Å². The van der Waals surface area contributed by atoms with Crippen LogP contribution in [0.15, 0.2) is 47.0 Å². The molecule has 0 radical (unpaired) electrons. The second-order valence-corrected chi connectivity index (χ2v) is 9.57. The summed E-state index contributed by atoms with van der Waals surface area (Å²) < 4.78 is 10.3. The summed E-state index contributed by atoms with van der Waals surface area (Å²) in [5.74, 6) is -4.06. The minimum absolute atomic E-state index is 0.0782. The Bertz CT molecular complexity index is 1230. The third-order valence-electron chi connectivity index (χ3n) is 5.34. The fourth-order valence-corrected chi connectivity index (χ4v) is 5.15. The fourth-order valence-electron chi connectivity index (χ4n) is 3.69. The number of thioether (sulfide) groups is 1. The zero-order valence-corrected chi connectivity index (χ0v) is 22.0. The molecule has 2 aromatic carbocycles. The molecule has 0 aromatic heterocycles. The molecular formula is C25H23Cl2N3O5S. The first-order valence-corrected chi connectivity index (χ1v) is 12.6. The molecule has 2 atom stereocenters. The number of aryl methyl sites for hydroxylation is 1. The number of esters is 1. The summed E-state index contributed by atoms with van der Waals surface area (Å²) in [6.45, 7) is 4.03. The summed E-state index contributed by atoms with van der Waals surface area (Å²) in [7, 11) is 1.15. The SMILES string of the molecule is CCOc1c(Cl)cc([C@H]2C(C#N)=C(SCC(=O)Nc3ccc(C)cc3)NC(=O)[C@@H]2C(=O)OC)cc1Cl. The van der Waals surface area contributed by atoms with Crippen molar-refractivity contribution in [2.24, 2.45) is 5.92 Å². The quantitative estimate of drug-likeness (QED) is 0.359. The largest absolute Gasteiger partial charge is 0.491 e. The van der Waals surface area contributed by atoms with Crippen LogP contribution in [0.25, 0.3) is 0 Å². The summed E-state index contributed by atoms with van der Waals surface area (Å²) in [6, 6.07) is 12.4. The topological polar surface area (TPSA) is 118 Å². The number of methoxy groups -OCH3 is 1. The standard InChI is InChI=1S/C25H23Cl2N3O5S/c1-4-35-22-17(26)9-14(10-18(22)27)20-16(11-28)24(30-23(32)21(20)25(33)34-3)36-12-19(31)29-15-7-5-13(2)6-8-15/h5-10,20-21H,4,12H2,1-3H3,(H,29,31)(H,30,32)/t20-,21+/m0/s1. The summed E-state index contributed by atoms with van der Waals surface area (Å²) in [4.78, 5) is 38.1. The monoisotopic (exact) mass is 547 g/mol. The van der Waals surface area contributed by atoms with Crippen molar-refractivity contribution in [2.75, 3.05) is 24.8 Å². The van der Waals surface area contributed by atoms with E-state index in [0.717, 1.165) is 24.4 Å². The van der Waals surface area contributed by atoms with Crippen LogP contribution in [-0.2, 0) is 19.1 Å². The minimum Gasteiger partial charge on any atom is -0.491 e. The predicted octanol–water partition coefficient (Wildman–Crippen LogP) is 4.81. The normalized spacial score (nSPS) is 17.2. The first-order valence-electron chi connectivity index (χ1n) is 10.8. The van der Waals surface area contributed by atoms with Gasteiger partial charge in [0.05, 0.1) is 46.2 Å². The van der Waals surface area contributed by atoms with Crippen LogP contribution in [0.3, 0.4) is 0 Å². The minimum atomic E-state index is -1.36. The lowest BCUT2D eigenvalue weighted by Crippen LogP contribution is -2.44. The average molecular weight is 548 g/mol. The molecule has 0 aliphatic carbocycles. The smallest absolute Gasteiger partial charge is 0.319 e. The molecule has 1 heterocycles. The van der Waals surface area contributed by atoms with E-state index in [-0.39, 0.29) is 38.1 Å². The number of anilines is 1. The number of nitriles is 1. The zero-order chi connectivity index (χ0) is 26.4. The van der Waals surface area contributed by atoms with Crippen LogP contribution in [0.2, 0.25) is 10.0 Å². The van der Waals surface area contributed by atoms with Crippen LogP contribution in [0, 0.1) is 24.2 Å². The van der Waals surface area contributed by atoms with E-state index in [2.05, 4.69) is 16.7 Å². The highest BCUT2D eigenvalue weighted by molar-refractivity contribution is 8.03. The second kappa shape index (κ2) is 12.2. The van der Waals surface area contributed by atoms with Gasteiger partial charge in [-0.15, -0.1) is 0 Å². The number of hydrogen-bond donors (Lipinski definition) is 2. The van der Waals surface area contributed by atoms with Gasteiger partial charge in [-0.2, -0.15) is 5.26 Å². The average Bonchev–Trinajstić information content (AvgIpc) is 2.85. The predicted molar refractivity (Wildman–Crippen MR) is 139 cm³/mol. The molecule has 3 rings (SSSR count). The van der Waals surface area contributed by atoms with Crippen molar-refractivity contribution in [3.63, 3.8) is 0 Å². The van der Waals surface area contributed by atoms with Crippen LogP contribution >= 0.6 is 35.0 Å². The van der Waals surface area contributed by atoms with Crippen molar-refractivity contribution in [3.05, 3.63) is 68.2 Å². The summed E-state index contributed by atoms with van der Waals surface area (Å²) in [5.41, 5.74) is 2.11. The van der Waals surface area contributed by atoms with Crippen LogP contribution < -0.4 is 15.4 Å². The lowest BCUT2D eigenvalue weighted by molar-refractivity contribution is -0.150. The first kappa shape index (κ1) is 27.4. The van der Waals surface area contributed by atoms with Crippen molar-refractivity contribution < 1.29 is 23.9 Å². The maximum Gasteiger partial charge on any atom is 0.319 e. The molecule has 2 amide bonds. The fraction of sp³-hybridized carbons (Fsp3) is 0.280. The van der Waals surface area contributed by atoms with Crippen LogP contribution in [0.1, 0.15) is 24.0 Å². The number of carbonyl (C=O) groups is 3. The molecule has 2 N–H and O–H groups in total. The number of benzene rings is 2. The maximum atomic E-state index is 13.0. The molecule has 1 aliphatic heterocycles. The van der Waals surface area contributed by atoms with Crippen molar-refractivity contribution in [2.45, 2.75) is 19.8 Å². The van der Waals surface area contributed by atoms with Gasteiger partial charge in [-0.25, -0.2) is 0 Å². The van der Waals surface area contributed by atoms with Gasteiger partial charge in [0, 0.05) is 11.6 Å². The maximum absolute atomic E-state index is 13.0. The summed E-state index contributed by atoms with van der Waals surface area (Å²) in [6.07, 6.45) is 0.